The molecule has 0 unspecified atom stereocenters. The first-order chi connectivity index (χ1) is 9.50. The number of ether oxygens (including phenoxy) is 1. The van der Waals surface area contributed by atoms with Crippen molar-refractivity contribution in [3.05, 3.63) is 29.8 Å². The molecule has 0 amide bonds. The van der Waals surface area contributed by atoms with Crippen molar-refractivity contribution in [2.75, 3.05) is 26.7 Å². The Bertz CT molecular complexity index is 451. The molecule has 0 bridgehead atoms. The molecule has 0 aliphatic carbocycles. The van der Waals surface area contributed by atoms with E-state index in [1.165, 1.54) is 19.3 Å². The van der Waals surface area contributed by atoms with Crippen molar-refractivity contribution >= 4 is 5.78 Å². The molecule has 0 spiro atoms. The van der Waals surface area contributed by atoms with E-state index >= 15 is 0 Å². The van der Waals surface area contributed by atoms with E-state index in [1.807, 2.05) is 24.3 Å². The molecule has 1 aromatic carbocycles. The molecule has 110 valence electrons. The molecular weight excluding hydrogens is 250 g/mol. The Balaban J connectivity index is 1.93. The van der Waals surface area contributed by atoms with Gasteiger partial charge in [0.15, 0.2) is 5.78 Å². The molecule has 3 nitrogen and oxygen atoms in total. The minimum Gasteiger partial charge on any atom is -0.497 e. The highest BCUT2D eigenvalue weighted by Crippen LogP contribution is 2.29. The van der Waals surface area contributed by atoms with E-state index in [0.717, 1.165) is 24.4 Å². The molecule has 1 saturated heterocycles. The average Bonchev–Trinajstić information content (AvgIpc) is 2.60. The average molecular weight is 275 g/mol. The minimum atomic E-state index is 0.201. The number of hydrogen-bond acceptors (Lipinski definition) is 3. The molecule has 3 heteroatoms. The molecule has 20 heavy (non-hydrogen) atoms. The molecule has 0 radical (unpaired) electrons. The fraction of sp³-hybridized carbons (Fsp3) is 0.588. The largest absolute Gasteiger partial charge is 0.497 e. The number of likely N-dealkylation sites (tertiary alicyclic amines) is 1. The van der Waals surface area contributed by atoms with Crippen molar-refractivity contribution < 1.29 is 9.53 Å². The van der Waals surface area contributed by atoms with Gasteiger partial charge in [0, 0.05) is 5.56 Å². The van der Waals surface area contributed by atoms with Gasteiger partial charge >= 0.3 is 0 Å². The normalized spacial score (nSPS) is 19.4. The van der Waals surface area contributed by atoms with Gasteiger partial charge in [-0.15, -0.1) is 0 Å². The van der Waals surface area contributed by atoms with Crippen LogP contribution in [0.2, 0.25) is 0 Å². The van der Waals surface area contributed by atoms with E-state index in [9.17, 15) is 4.79 Å². The second kappa shape index (κ2) is 6.40. The number of hydrogen-bond donors (Lipinski definition) is 0. The highest BCUT2D eigenvalue weighted by Gasteiger charge is 2.24. The van der Waals surface area contributed by atoms with Crippen molar-refractivity contribution in [3.63, 3.8) is 0 Å². The molecule has 1 aliphatic rings. The summed E-state index contributed by atoms with van der Waals surface area (Å²) >= 11 is 0. The second-order valence-electron chi connectivity index (χ2n) is 6.45. The number of carbonyl (C=O) groups excluding carboxylic acids is 1. The van der Waals surface area contributed by atoms with Gasteiger partial charge in [-0.25, -0.2) is 0 Å². The third-order valence-electron chi connectivity index (χ3n) is 4.21. The van der Waals surface area contributed by atoms with Crippen LogP contribution in [0.3, 0.4) is 0 Å². The highest BCUT2D eigenvalue weighted by atomic mass is 16.5. The molecule has 1 heterocycles. The third kappa shape index (κ3) is 4.07. The lowest BCUT2D eigenvalue weighted by Crippen LogP contribution is -2.31. The van der Waals surface area contributed by atoms with Crippen LogP contribution < -0.4 is 4.74 Å². The lowest BCUT2D eigenvalue weighted by molar-refractivity contribution is 0.0930. The van der Waals surface area contributed by atoms with Crippen LogP contribution in [0.25, 0.3) is 0 Å². The van der Waals surface area contributed by atoms with Gasteiger partial charge in [0.1, 0.15) is 5.75 Å². The van der Waals surface area contributed by atoms with E-state index in [-0.39, 0.29) is 5.78 Å². The summed E-state index contributed by atoms with van der Waals surface area (Å²) in [5.41, 5.74) is 1.19. The summed E-state index contributed by atoms with van der Waals surface area (Å²) in [7, 11) is 1.63. The van der Waals surface area contributed by atoms with Gasteiger partial charge in [0.25, 0.3) is 0 Å². The molecule has 0 atom stereocenters. The summed E-state index contributed by atoms with van der Waals surface area (Å²) in [6, 6.07) is 7.39. The quantitative estimate of drug-likeness (QED) is 0.789. The Morgan fingerprint density at radius 2 is 1.90 bits per heavy atom. The maximum Gasteiger partial charge on any atom is 0.176 e. The zero-order chi connectivity index (χ0) is 14.6. The molecule has 0 saturated carbocycles. The van der Waals surface area contributed by atoms with Gasteiger partial charge < -0.3 is 4.74 Å². The number of carbonyl (C=O) groups is 1. The van der Waals surface area contributed by atoms with Crippen molar-refractivity contribution in [2.24, 2.45) is 5.41 Å². The van der Waals surface area contributed by atoms with Crippen LogP contribution in [0.5, 0.6) is 5.75 Å². The molecule has 0 aromatic heterocycles. The summed E-state index contributed by atoms with van der Waals surface area (Å²) < 4.78 is 5.12. The van der Waals surface area contributed by atoms with E-state index in [1.54, 1.807) is 7.11 Å². The van der Waals surface area contributed by atoms with Crippen molar-refractivity contribution in [3.8, 4) is 5.75 Å². The molecule has 1 fully saturated rings. The number of ketones is 1. The van der Waals surface area contributed by atoms with E-state index < -0.39 is 0 Å². The van der Waals surface area contributed by atoms with Gasteiger partial charge in [-0.3, -0.25) is 9.69 Å². The van der Waals surface area contributed by atoms with Gasteiger partial charge in [0.2, 0.25) is 0 Å². The number of nitrogens with zero attached hydrogens (tertiary/aromatic N) is 1. The van der Waals surface area contributed by atoms with Gasteiger partial charge in [-0.05, 0) is 62.0 Å². The maximum absolute atomic E-state index is 12.3. The van der Waals surface area contributed by atoms with E-state index in [2.05, 4.69) is 18.7 Å². The zero-order valence-corrected chi connectivity index (χ0v) is 12.8. The molecule has 1 aliphatic heterocycles. The van der Waals surface area contributed by atoms with E-state index in [4.69, 9.17) is 4.74 Å². The Morgan fingerprint density at radius 1 is 1.20 bits per heavy atom. The molecule has 0 N–H and O–H groups in total. The standard InChI is InChI=1S/C17H25NO2/c1-17(2)9-4-11-18(12-10-17)13-16(19)14-5-7-15(20-3)8-6-14/h5-8H,4,9-13H2,1-3H3. The van der Waals surface area contributed by atoms with E-state index in [0.29, 0.717) is 12.0 Å². The fourth-order valence-corrected chi connectivity index (χ4v) is 2.71. The van der Waals surface area contributed by atoms with Gasteiger partial charge in [-0.2, -0.15) is 0 Å². The van der Waals surface area contributed by atoms with Crippen LogP contribution in [-0.2, 0) is 0 Å². The molecule has 1 aromatic rings. The Kier molecular flexibility index (Phi) is 4.81. The number of benzene rings is 1. The van der Waals surface area contributed by atoms with Crippen molar-refractivity contribution in [1.82, 2.24) is 4.90 Å². The smallest absolute Gasteiger partial charge is 0.176 e. The highest BCUT2D eigenvalue weighted by molar-refractivity contribution is 5.97. The van der Waals surface area contributed by atoms with Crippen LogP contribution in [0.15, 0.2) is 24.3 Å². The number of Topliss-reactive ketones (excluding diaryl/α,β-unsaturated/α-hetero) is 1. The topological polar surface area (TPSA) is 29.5 Å². The third-order valence-corrected chi connectivity index (χ3v) is 4.21. The van der Waals surface area contributed by atoms with Gasteiger partial charge in [0.05, 0.1) is 13.7 Å². The second-order valence-corrected chi connectivity index (χ2v) is 6.45. The summed E-state index contributed by atoms with van der Waals surface area (Å²) in [4.78, 5) is 14.6. The van der Waals surface area contributed by atoms with Crippen LogP contribution >= 0.6 is 0 Å². The minimum absolute atomic E-state index is 0.201. The Labute approximate surface area is 121 Å². The van der Waals surface area contributed by atoms with Crippen LogP contribution in [0.1, 0.15) is 43.5 Å². The molecular formula is C17H25NO2. The lowest BCUT2D eigenvalue weighted by Gasteiger charge is -2.22. The van der Waals surface area contributed by atoms with Crippen molar-refractivity contribution in [2.45, 2.75) is 33.1 Å². The summed E-state index contributed by atoms with van der Waals surface area (Å²) in [5, 5.41) is 0. The van der Waals surface area contributed by atoms with Gasteiger partial charge in [-0.1, -0.05) is 13.8 Å². The fourth-order valence-electron chi connectivity index (χ4n) is 2.71. The van der Waals surface area contributed by atoms with Crippen LogP contribution in [-0.4, -0.2) is 37.4 Å². The Hall–Kier alpha value is -1.35. The van der Waals surface area contributed by atoms with Crippen LogP contribution in [0, 0.1) is 5.41 Å². The summed E-state index contributed by atoms with van der Waals surface area (Å²) in [6.45, 7) is 7.23. The SMILES string of the molecule is COc1ccc(C(=O)CN2CCCC(C)(C)CC2)cc1. The first-order valence-corrected chi connectivity index (χ1v) is 7.40. The summed E-state index contributed by atoms with van der Waals surface area (Å²) in [6.07, 6.45) is 3.60. The molecule has 2 rings (SSSR count). The summed E-state index contributed by atoms with van der Waals surface area (Å²) in [5.74, 6) is 0.991. The maximum atomic E-state index is 12.3. The van der Waals surface area contributed by atoms with Crippen LogP contribution in [0.4, 0.5) is 0 Å². The number of methoxy groups -OCH3 is 1. The zero-order valence-electron chi connectivity index (χ0n) is 12.8. The first-order valence-electron chi connectivity index (χ1n) is 7.40. The monoisotopic (exact) mass is 275 g/mol. The number of rotatable bonds is 4. The first kappa shape index (κ1) is 15.0. The lowest BCUT2D eigenvalue weighted by atomic mass is 9.85. The predicted molar refractivity (Wildman–Crippen MR) is 81.4 cm³/mol. The predicted octanol–water partition coefficient (Wildman–Crippen LogP) is 3.39. The van der Waals surface area contributed by atoms with Crippen molar-refractivity contribution in [1.29, 1.82) is 0 Å². The Morgan fingerprint density at radius 3 is 2.55 bits per heavy atom.